The van der Waals surface area contributed by atoms with Gasteiger partial charge in [-0.15, -0.1) is 10.2 Å². The monoisotopic (exact) mass is 252 g/mol. The van der Waals surface area contributed by atoms with Gasteiger partial charge in [-0.25, -0.2) is 0 Å². The van der Waals surface area contributed by atoms with Crippen LogP contribution in [-0.2, 0) is 11.2 Å². The molecule has 2 heterocycles. The van der Waals surface area contributed by atoms with Gasteiger partial charge in [0, 0.05) is 13.5 Å². The Kier molecular flexibility index (Phi) is 2.52. The van der Waals surface area contributed by atoms with Gasteiger partial charge in [-0.2, -0.15) is 9.61 Å². The lowest BCUT2D eigenvalue weighted by Gasteiger charge is -2.39. The summed E-state index contributed by atoms with van der Waals surface area (Å²) in [6.45, 7) is 0. The largest absolute Gasteiger partial charge is 0.378 e. The van der Waals surface area contributed by atoms with Crippen LogP contribution in [0, 0.1) is 0 Å². The van der Waals surface area contributed by atoms with Gasteiger partial charge in [-0.1, -0.05) is 11.6 Å². The second kappa shape index (κ2) is 3.92. The Balaban J connectivity index is 1.97. The number of rotatable bonds is 3. The first-order valence-corrected chi connectivity index (χ1v) is 6.02. The SMILES string of the molecule is COC1(Cc2nnc3ccc(Cl)nn23)CCC1. The first-order valence-electron chi connectivity index (χ1n) is 5.64. The zero-order valence-corrected chi connectivity index (χ0v) is 10.3. The van der Waals surface area contributed by atoms with Crippen molar-refractivity contribution in [2.24, 2.45) is 0 Å². The predicted octanol–water partition coefficient (Wildman–Crippen LogP) is 1.89. The fraction of sp³-hybridized carbons (Fsp3) is 0.545. The highest BCUT2D eigenvalue weighted by Crippen LogP contribution is 2.37. The second-order valence-corrected chi connectivity index (χ2v) is 4.85. The van der Waals surface area contributed by atoms with Crippen molar-refractivity contribution < 1.29 is 4.74 Å². The van der Waals surface area contributed by atoms with Crippen LogP contribution in [0.2, 0.25) is 5.15 Å². The highest BCUT2D eigenvalue weighted by Gasteiger charge is 2.38. The van der Waals surface area contributed by atoms with E-state index in [9.17, 15) is 0 Å². The van der Waals surface area contributed by atoms with Crippen LogP contribution in [0.15, 0.2) is 12.1 Å². The molecule has 17 heavy (non-hydrogen) atoms. The molecule has 0 saturated heterocycles. The van der Waals surface area contributed by atoms with Crippen LogP contribution in [0.5, 0.6) is 0 Å². The lowest BCUT2D eigenvalue weighted by molar-refractivity contribution is -0.0724. The van der Waals surface area contributed by atoms with E-state index in [1.165, 1.54) is 6.42 Å². The van der Waals surface area contributed by atoms with Crippen LogP contribution in [0.25, 0.3) is 5.65 Å². The van der Waals surface area contributed by atoms with Gasteiger partial charge in [-0.3, -0.25) is 0 Å². The highest BCUT2D eigenvalue weighted by atomic mass is 35.5. The molecule has 0 aliphatic heterocycles. The Morgan fingerprint density at radius 1 is 1.41 bits per heavy atom. The first-order chi connectivity index (χ1) is 8.22. The summed E-state index contributed by atoms with van der Waals surface area (Å²) < 4.78 is 7.28. The third kappa shape index (κ3) is 1.79. The molecule has 1 fully saturated rings. The number of nitrogens with zero attached hydrogens (tertiary/aromatic N) is 4. The van der Waals surface area contributed by atoms with Crippen molar-refractivity contribution in [2.75, 3.05) is 7.11 Å². The molecule has 0 N–H and O–H groups in total. The van der Waals surface area contributed by atoms with E-state index < -0.39 is 0 Å². The molecule has 0 spiro atoms. The molecule has 0 bridgehead atoms. The van der Waals surface area contributed by atoms with Crippen LogP contribution in [-0.4, -0.2) is 32.5 Å². The van der Waals surface area contributed by atoms with Gasteiger partial charge in [0.05, 0.1) is 5.60 Å². The Bertz CT molecular complexity index is 544. The van der Waals surface area contributed by atoms with E-state index in [0.717, 1.165) is 30.7 Å². The van der Waals surface area contributed by atoms with Crippen molar-refractivity contribution in [1.29, 1.82) is 0 Å². The summed E-state index contributed by atoms with van der Waals surface area (Å²) in [6.07, 6.45) is 4.08. The molecule has 1 aliphatic rings. The van der Waals surface area contributed by atoms with Crippen molar-refractivity contribution in [2.45, 2.75) is 31.3 Å². The highest BCUT2D eigenvalue weighted by molar-refractivity contribution is 6.29. The van der Waals surface area contributed by atoms with Gasteiger partial charge in [0.1, 0.15) is 5.15 Å². The van der Waals surface area contributed by atoms with Crippen LogP contribution in [0.3, 0.4) is 0 Å². The van der Waals surface area contributed by atoms with Crippen LogP contribution < -0.4 is 0 Å². The third-order valence-corrected chi connectivity index (χ3v) is 3.67. The number of halogens is 1. The van der Waals surface area contributed by atoms with E-state index in [1.54, 1.807) is 17.7 Å². The van der Waals surface area contributed by atoms with Gasteiger partial charge in [0.25, 0.3) is 0 Å². The average molecular weight is 253 g/mol. The Morgan fingerprint density at radius 2 is 2.24 bits per heavy atom. The number of methoxy groups -OCH3 is 1. The summed E-state index contributed by atoms with van der Waals surface area (Å²) in [5.41, 5.74) is 0.641. The predicted molar refractivity (Wildman–Crippen MR) is 63.1 cm³/mol. The lowest BCUT2D eigenvalue weighted by atomic mass is 9.77. The molecule has 3 rings (SSSR count). The molecule has 2 aromatic rings. The van der Waals surface area contributed by atoms with Crippen molar-refractivity contribution in [3.05, 3.63) is 23.1 Å². The maximum absolute atomic E-state index is 5.88. The fourth-order valence-corrected chi connectivity index (χ4v) is 2.37. The Labute approximate surface area is 104 Å². The minimum Gasteiger partial charge on any atom is -0.378 e. The zero-order valence-electron chi connectivity index (χ0n) is 9.56. The smallest absolute Gasteiger partial charge is 0.178 e. The van der Waals surface area contributed by atoms with Gasteiger partial charge >= 0.3 is 0 Å². The summed E-state index contributed by atoms with van der Waals surface area (Å²) >= 11 is 5.88. The zero-order chi connectivity index (χ0) is 11.9. The molecule has 0 amide bonds. The molecular weight excluding hydrogens is 240 g/mol. The Hall–Kier alpha value is -1.20. The molecular formula is C11H13ClN4O. The number of hydrogen-bond donors (Lipinski definition) is 0. The van der Waals surface area contributed by atoms with E-state index in [2.05, 4.69) is 15.3 Å². The lowest BCUT2D eigenvalue weighted by Crippen LogP contribution is -2.41. The second-order valence-electron chi connectivity index (χ2n) is 4.46. The van der Waals surface area contributed by atoms with E-state index in [1.807, 2.05) is 6.07 Å². The van der Waals surface area contributed by atoms with Crippen molar-refractivity contribution >= 4 is 17.2 Å². The standard InChI is InChI=1S/C11H13ClN4O/c1-17-11(5-2-6-11)7-10-14-13-9-4-3-8(12)15-16(9)10/h3-4H,2,5-7H2,1H3. The maximum atomic E-state index is 5.88. The molecule has 0 aromatic carbocycles. The molecule has 0 atom stereocenters. The van der Waals surface area contributed by atoms with E-state index in [-0.39, 0.29) is 5.60 Å². The maximum Gasteiger partial charge on any atom is 0.178 e. The van der Waals surface area contributed by atoms with E-state index >= 15 is 0 Å². The van der Waals surface area contributed by atoms with Crippen LogP contribution in [0.4, 0.5) is 0 Å². The topological polar surface area (TPSA) is 52.3 Å². The molecule has 90 valence electrons. The third-order valence-electron chi connectivity index (χ3n) is 3.47. The number of ether oxygens (including phenoxy) is 1. The van der Waals surface area contributed by atoms with Crippen LogP contribution in [0.1, 0.15) is 25.1 Å². The summed E-state index contributed by atoms with van der Waals surface area (Å²) in [6, 6.07) is 3.52. The van der Waals surface area contributed by atoms with Gasteiger partial charge < -0.3 is 4.74 Å². The van der Waals surface area contributed by atoms with Crippen molar-refractivity contribution in [3.8, 4) is 0 Å². The normalized spacial score (nSPS) is 18.2. The van der Waals surface area contributed by atoms with Gasteiger partial charge in [0.15, 0.2) is 11.5 Å². The van der Waals surface area contributed by atoms with Crippen molar-refractivity contribution in [1.82, 2.24) is 19.8 Å². The minimum atomic E-state index is -0.0764. The number of fused-ring (bicyclic) bond motifs is 1. The van der Waals surface area contributed by atoms with E-state index in [0.29, 0.717) is 5.15 Å². The first kappa shape index (κ1) is 10.9. The number of hydrogen-bond acceptors (Lipinski definition) is 4. The molecule has 1 saturated carbocycles. The molecule has 6 heteroatoms. The summed E-state index contributed by atoms with van der Waals surface area (Å²) in [7, 11) is 1.75. The summed E-state index contributed by atoms with van der Waals surface area (Å²) in [4.78, 5) is 0. The fourth-order valence-electron chi connectivity index (χ4n) is 2.23. The van der Waals surface area contributed by atoms with E-state index in [4.69, 9.17) is 16.3 Å². The molecule has 1 aliphatic carbocycles. The minimum absolute atomic E-state index is 0.0764. The molecule has 0 unspecified atom stereocenters. The van der Waals surface area contributed by atoms with Gasteiger partial charge in [-0.05, 0) is 31.4 Å². The quantitative estimate of drug-likeness (QED) is 0.837. The molecule has 5 nitrogen and oxygen atoms in total. The number of aromatic nitrogens is 4. The van der Waals surface area contributed by atoms with Gasteiger partial charge in [0.2, 0.25) is 0 Å². The summed E-state index contributed by atoms with van der Waals surface area (Å²) in [5.74, 6) is 0.809. The Morgan fingerprint density at radius 3 is 2.88 bits per heavy atom. The summed E-state index contributed by atoms with van der Waals surface area (Å²) in [5, 5.41) is 12.9. The average Bonchev–Trinajstić information content (AvgIpc) is 2.66. The van der Waals surface area contributed by atoms with Crippen molar-refractivity contribution in [3.63, 3.8) is 0 Å². The molecule has 2 aromatic heterocycles. The molecule has 0 radical (unpaired) electrons. The van der Waals surface area contributed by atoms with Crippen LogP contribution >= 0.6 is 11.6 Å².